The van der Waals surface area contributed by atoms with Gasteiger partial charge in [0.05, 0.1) is 37.8 Å². The van der Waals surface area contributed by atoms with E-state index in [4.69, 9.17) is 9.47 Å². The summed E-state index contributed by atoms with van der Waals surface area (Å²) in [6, 6.07) is 10.7. The molecule has 0 aliphatic carbocycles. The van der Waals surface area contributed by atoms with Crippen molar-refractivity contribution in [3.8, 4) is 5.75 Å². The smallest absolute Gasteiger partial charge is 0.406 e. The number of anilines is 3. The first-order valence-electron chi connectivity index (χ1n) is 10.4. The second-order valence-electron chi connectivity index (χ2n) is 7.43. The number of hydrogen-bond donors (Lipinski definition) is 1. The van der Waals surface area contributed by atoms with Gasteiger partial charge in [-0.05, 0) is 42.5 Å². The lowest BCUT2D eigenvalue weighted by atomic mass is 10.1. The fourth-order valence-electron chi connectivity index (χ4n) is 3.71. The van der Waals surface area contributed by atoms with Crippen molar-refractivity contribution in [3.05, 3.63) is 48.0 Å². The van der Waals surface area contributed by atoms with E-state index in [2.05, 4.69) is 19.9 Å². The molecule has 0 bridgehead atoms. The first-order valence-corrected chi connectivity index (χ1v) is 10.4. The minimum Gasteiger partial charge on any atom is -0.406 e. The molecule has 2 aromatic rings. The number of nitrogens with zero attached hydrogens (tertiary/aromatic N) is 2. The average molecular weight is 451 g/mol. The topological polar surface area (TPSA) is 63.3 Å². The molecule has 2 aliphatic heterocycles. The molecule has 0 radical (unpaired) electrons. The predicted molar refractivity (Wildman–Crippen MR) is 114 cm³/mol. The quantitative estimate of drug-likeness (QED) is 0.751. The van der Waals surface area contributed by atoms with Crippen LogP contribution < -0.4 is 19.9 Å². The lowest BCUT2D eigenvalue weighted by molar-refractivity contribution is -0.274. The Labute approximate surface area is 183 Å². The molecule has 0 saturated carbocycles. The van der Waals surface area contributed by atoms with Gasteiger partial charge in [0.2, 0.25) is 0 Å². The van der Waals surface area contributed by atoms with E-state index in [1.54, 1.807) is 0 Å². The molecule has 2 aromatic carbocycles. The van der Waals surface area contributed by atoms with Gasteiger partial charge in [0.15, 0.2) is 0 Å². The third-order valence-corrected chi connectivity index (χ3v) is 5.31. The molecule has 10 heteroatoms. The van der Waals surface area contributed by atoms with E-state index in [0.29, 0.717) is 45.2 Å². The Hall–Kier alpha value is -2.98. The first-order chi connectivity index (χ1) is 15.4. The Morgan fingerprint density at radius 2 is 1.47 bits per heavy atom. The Morgan fingerprint density at radius 3 is 2.06 bits per heavy atom. The number of ether oxygens (including phenoxy) is 3. The molecule has 4 rings (SSSR count). The molecule has 172 valence electrons. The standard InChI is InChI=1S/C22H24F3N3O4/c23-22(24,25)32-18-4-1-16(2-5-18)21(29)26-19-6-3-17(27-7-11-30-12-8-27)15-20(19)28-9-13-31-14-10-28/h1-6,15H,7-14H2,(H,26,29). The van der Waals surface area contributed by atoms with E-state index in [-0.39, 0.29) is 11.3 Å². The summed E-state index contributed by atoms with van der Waals surface area (Å²) in [6.45, 7) is 5.49. The van der Waals surface area contributed by atoms with Crippen molar-refractivity contribution in [1.82, 2.24) is 0 Å². The first kappa shape index (κ1) is 22.2. The van der Waals surface area contributed by atoms with Crippen LogP contribution in [-0.4, -0.2) is 64.9 Å². The van der Waals surface area contributed by atoms with Crippen LogP contribution in [0, 0.1) is 0 Å². The minimum atomic E-state index is -4.78. The van der Waals surface area contributed by atoms with Gasteiger partial charge in [-0.15, -0.1) is 13.2 Å². The number of halogens is 3. The molecule has 32 heavy (non-hydrogen) atoms. The van der Waals surface area contributed by atoms with Crippen LogP contribution in [0.3, 0.4) is 0 Å². The molecule has 0 atom stereocenters. The zero-order valence-corrected chi connectivity index (χ0v) is 17.4. The summed E-state index contributed by atoms with van der Waals surface area (Å²) in [5.74, 6) is -0.796. The van der Waals surface area contributed by atoms with Crippen LogP contribution in [0.5, 0.6) is 5.75 Å². The zero-order valence-electron chi connectivity index (χ0n) is 17.4. The molecule has 2 saturated heterocycles. The van der Waals surface area contributed by atoms with Gasteiger partial charge in [-0.1, -0.05) is 0 Å². The van der Waals surface area contributed by atoms with Crippen molar-refractivity contribution >= 4 is 23.0 Å². The van der Waals surface area contributed by atoms with E-state index in [1.807, 2.05) is 18.2 Å². The van der Waals surface area contributed by atoms with E-state index in [0.717, 1.165) is 36.6 Å². The highest BCUT2D eigenvalue weighted by Crippen LogP contribution is 2.33. The highest BCUT2D eigenvalue weighted by Gasteiger charge is 2.31. The van der Waals surface area contributed by atoms with Gasteiger partial charge >= 0.3 is 6.36 Å². The molecule has 2 fully saturated rings. The van der Waals surface area contributed by atoms with E-state index in [9.17, 15) is 18.0 Å². The average Bonchev–Trinajstić information content (AvgIpc) is 2.80. The summed E-state index contributed by atoms with van der Waals surface area (Å²) < 4.78 is 51.8. The van der Waals surface area contributed by atoms with E-state index in [1.165, 1.54) is 12.1 Å². The number of carbonyl (C=O) groups is 1. The fourth-order valence-corrected chi connectivity index (χ4v) is 3.71. The van der Waals surface area contributed by atoms with Crippen LogP contribution in [0.25, 0.3) is 0 Å². The summed E-state index contributed by atoms with van der Waals surface area (Å²) in [7, 11) is 0. The molecule has 2 aliphatic rings. The number of morpholine rings is 2. The van der Waals surface area contributed by atoms with Gasteiger partial charge in [-0.3, -0.25) is 4.79 Å². The van der Waals surface area contributed by atoms with Gasteiger partial charge in [-0.2, -0.15) is 0 Å². The number of benzene rings is 2. The van der Waals surface area contributed by atoms with Crippen LogP contribution in [0.1, 0.15) is 10.4 Å². The number of nitrogens with one attached hydrogen (secondary N) is 1. The number of carbonyl (C=O) groups excluding carboxylic acids is 1. The maximum atomic E-state index is 12.8. The van der Waals surface area contributed by atoms with Gasteiger partial charge in [-0.25, -0.2) is 0 Å². The second-order valence-corrected chi connectivity index (χ2v) is 7.43. The van der Waals surface area contributed by atoms with Crippen LogP contribution in [0.4, 0.5) is 30.2 Å². The molecular weight excluding hydrogens is 427 g/mol. The van der Waals surface area contributed by atoms with Gasteiger partial charge < -0.3 is 29.3 Å². The predicted octanol–water partition coefficient (Wildman–Crippen LogP) is 3.51. The lowest BCUT2D eigenvalue weighted by Gasteiger charge is -2.33. The Balaban J connectivity index is 1.54. The van der Waals surface area contributed by atoms with Crippen LogP contribution in [0.15, 0.2) is 42.5 Å². The molecular formula is C22H24F3N3O4. The zero-order chi connectivity index (χ0) is 22.6. The van der Waals surface area contributed by atoms with Crippen molar-refractivity contribution in [2.75, 3.05) is 67.7 Å². The molecule has 0 unspecified atom stereocenters. The van der Waals surface area contributed by atoms with E-state index >= 15 is 0 Å². The van der Waals surface area contributed by atoms with Crippen molar-refractivity contribution in [2.45, 2.75) is 6.36 Å². The molecule has 1 amide bonds. The SMILES string of the molecule is O=C(Nc1ccc(N2CCOCC2)cc1N1CCOCC1)c1ccc(OC(F)(F)F)cc1. The Morgan fingerprint density at radius 1 is 0.875 bits per heavy atom. The van der Waals surface area contributed by atoms with Gasteiger partial charge in [0.25, 0.3) is 5.91 Å². The van der Waals surface area contributed by atoms with Gasteiger partial charge in [0.1, 0.15) is 5.75 Å². The van der Waals surface area contributed by atoms with E-state index < -0.39 is 12.3 Å². The second kappa shape index (κ2) is 9.66. The van der Waals surface area contributed by atoms with Gasteiger partial charge in [0, 0.05) is 37.4 Å². The number of hydrogen-bond acceptors (Lipinski definition) is 6. The molecule has 0 spiro atoms. The molecule has 1 N–H and O–H groups in total. The maximum Gasteiger partial charge on any atom is 0.573 e. The summed E-state index contributed by atoms with van der Waals surface area (Å²) >= 11 is 0. The Bertz CT molecular complexity index is 925. The van der Waals surface area contributed by atoms with Crippen molar-refractivity contribution in [2.24, 2.45) is 0 Å². The third-order valence-electron chi connectivity index (χ3n) is 5.31. The van der Waals surface area contributed by atoms with Crippen LogP contribution in [0.2, 0.25) is 0 Å². The minimum absolute atomic E-state index is 0.227. The summed E-state index contributed by atoms with van der Waals surface area (Å²) in [6.07, 6.45) is -4.78. The number of amides is 1. The summed E-state index contributed by atoms with van der Waals surface area (Å²) in [5.41, 5.74) is 2.78. The highest BCUT2D eigenvalue weighted by atomic mass is 19.4. The van der Waals surface area contributed by atoms with Crippen LogP contribution >= 0.6 is 0 Å². The number of alkyl halides is 3. The Kier molecular flexibility index (Phi) is 6.71. The number of rotatable bonds is 5. The molecule has 2 heterocycles. The summed E-state index contributed by atoms with van der Waals surface area (Å²) in [4.78, 5) is 17.2. The summed E-state index contributed by atoms with van der Waals surface area (Å²) in [5, 5.41) is 2.89. The monoisotopic (exact) mass is 451 g/mol. The lowest BCUT2D eigenvalue weighted by Crippen LogP contribution is -2.38. The van der Waals surface area contributed by atoms with Crippen molar-refractivity contribution in [3.63, 3.8) is 0 Å². The van der Waals surface area contributed by atoms with Crippen molar-refractivity contribution in [1.29, 1.82) is 0 Å². The largest absolute Gasteiger partial charge is 0.573 e. The third kappa shape index (κ3) is 5.63. The maximum absolute atomic E-state index is 12.8. The molecule has 7 nitrogen and oxygen atoms in total. The van der Waals surface area contributed by atoms with Crippen molar-refractivity contribution < 1.29 is 32.2 Å². The highest BCUT2D eigenvalue weighted by molar-refractivity contribution is 6.06. The fraction of sp³-hybridized carbons (Fsp3) is 0.409. The molecule has 0 aromatic heterocycles. The van der Waals surface area contributed by atoms with Crippen LogP contribution in [-0.2, 0) is 9.47 Å². The normalized spacial score (nSPS) is 17.2.